The fourth-order valence-corrected chi connectivity index (χ4v) is 7.03. The lowest BCUT2D eigenvalue weighted by molar-refractivity contribution is -0.384. The fraction of sp³-hybridized carbons (Fsp3) is 0.318. The van der Waals surface area contributed by atoms with Crippen molar-refractivity contribution in [3.63, 3.8) is 0 Å². The number of tetrazole rings is 1. The molecule has 13 heteroatoms. The summed E-state index contributed by atoms with van der Waals surface area (Å²) in [5.41, 5.74) is 1.41. The van der Waals surface area contributed by atoms with Crippen LogP contribution in [0.5, 0.6) is 0 Å². The lowest BCUT2D eigenvalue weighted by Gasteiger charge is -2.37. The number of thioether (sulfide) groups is 2. The van der Waals surface area contributed by atoms with E-state index >= 15 is 0 Å². The van der Waals surface area contributed by atoms with E-state index in [1.807, 2.05) is 37.3 Å². The molecule has 2 saturated heterocycles. The molecule has 2 fully saturated rings. The lowest BCUT2D eigenvalue weighted by Crippen LogP contribution is -2.58. The number of β-lactam (4-membered cyclic amide) rings is 1. The average Bonchev–Trinajstić information content (AvgIpc) is 3.42. The molecule has 11 nitrogen and oxygen atoms in total. The van der Waals surface area contributed by atoms with Crippen molar-refractivity contribution in [1.29, 1.82) is 0 Å². The molecule has 180 valence electrons. The molecule has 3 aromatic rings. The number of carbonyl (C=O) groups excluding carboxylic acids is 2. The highest BCUT2D eigenvalue weighted by molar-refractivity contribution is 8.04. The molecule has 5 rings (SSSR count). The molecule has 0 aliphatic carbocycles. The van der Waals surface area contributed by atoms with Crippen molar-refractivity contribution < 1.29 is 19.2 Å². The van der Waals surface area contributed by atoms with E-state index in [0.29, 0.717) is 22.9 Å². The summed E-state index contributed by atoms with van der Waals surface area (Å²) in [5.74, 6) is -0.109. The molecular formula is C22H20N6O5S2. The Kier molecular flexibility index (Phi) is 6.19. The van der Waals surface area contributed by atoms with E-state index in [9.17, 15) is 19.7 Å². The number of fused-ring (bicyclic) bond motifs is 1. The van der Waals surface area contributed by atoms with Crippen LogP contribution in [0.1, 0.15) is 18.9 Å². The topological polar surface area (TPSA) is 133 Å². The molecule has 2 aromatic carbocycles. The molecular weight excluding hydrogens is 492 g/mol. The first-order valence-corrected chi connectivity index (χ1v) is 12.6. The number of nitro groups is 1. The van der Waals surface area contributed by atoms with Gasteiger partial charge in [-0.25, -0.2) is 4.79 Å². The first kappa shape index (κ1) is 23.3. The van der Waals surface area contributed by atoms with Crippen LogP contribution in [0.25, 0.3) is 5.69 Å². The monoisotopic (exact) mass is 512 g/mol. The van der Waals surface area contributed by atoms with Crippen LogP contribution in [-0.2, 0) is 20.9 Å². The summed E-state index contributed by atoms with van der Waals surface area (Å²) in [4.78, 5) is 37.5. The van der Waals surface area contributed by atoms with E-state index in [1.165, 1.54) is 23.9 Å². The second-order valence-electron chi connectivity index (χ2n) is 8.32. The van der Waals surface area contributed by atoms with Gasteiger partial charge >= 0.3 is 5.97 Å². The smallest absolute Gasteiger partial charge is 0.330 e. The first-order chi connectivity index (χ1) is 16.9. The Bertz CT molecular complexity index is 1270. The van der Waals surface area contributed by atoms with E-state index in [-0.39, 0.29) is 23.6 Å². The van der Waals surface area contributed by atoms with E-state index in [0.717, 1.165) is 5.69 Å². The number of ether oxygens (including phenoxy) is 1. The normalized spacial score (nSPS) is 23.0. The van der Waals surface area contributed by atoms with Crippen molar-refractivity contribution in [2.45, 2.75) is 41.3 Å². The quantitative estimate of drug-likeness (QED) is 0.146. The summed E-state index contributed by atoms with van der Waals surface area (Å²) in [6.07, 6.45) is 0.388. The highest BCUT2D eigenvalue weighted by Crippen LogP contribution is 2.52. The number of carbonyl (C=O) groups is 2. The Hall–Kier alpha value is -3.45. The van der Waals surface area contributed by atoms with E-state index in [2.05, 4.69) is 15.5 Å². The molecule has 2 aliphatic heterocycles. The summed E-state index contributed by atoms with van der Waals surface area (Å²) >= 11 is 3.00. The highest BCUT2D eigenvalue weighted by atomic mass is 32.2. The molecule has 1 aromatic heterocycles. The molecule has 2 aliphatic rings. The molecule has 35 heavy (non-hydrogen) atoms. The number of hydrogen-bond acceptors (Lipinski definition) is 10. The van der Waals surface area contributed by atoms with Crippen LogP contribution in [-0.4, -0.2) is 63.8 Å². The van der Waals surface area contributed by atoms with Gasteiger partial charge in [-0.3, -0.25) is 14.9 Å². The number of esters is 1. The van der Waals surface area contributed by atoms with Gasteiger partial charge in [-0.1, -0.05) is 30.0 Å². The van der Waals surface area contributed by atoms with Gasteiger partial charge in [0.25, 0.3) is 5.69 Å². The number of nitro benzene ring substituents is 1. The Morgan fingerprint density at radius 1 is 1.26 bits per heavy atom. The van der Waals surface area contributed by atoms with Crippen LogP contribution in [0.15, 0.2) is 59.8 Å². The lowest BCUT2D eigenvalue weighted by atomic mass is 9.98. The summed E-state index contributed by atoms with van der Waals surface area (Å²) < 4.78 is 6.58. The van der Waals surface area contributed by atoms with Crippen molar-refractivity contribution in [2.75, 3.05) is 5.75 Å². The van der Waals surface area contributed by atoms with Crippen LogP contribution in [0.4, 0.5) is 5.69 Å². The number of hydrogen-bond donors (Lipinski definition) is 0. The number of non-ortho nitro benzene ring substituents is 1. The van der Waals surface area contributed by atoms with E-state index in [4.69, 9.17) is 4.74 Å². The van der Waals surface area contributed by atoms with Gasteiger partial charge in [-0.15, -0.1) is 16.9 Å². The molecule has 3 unspecified atom stereocenters. The van der Waals surface area contributed by atoms with Gasteiger partial charge in [-0.2, -0.15) is 4.68 Å². The summed E-state index contributed by atoms with van der Waals surface area (Å²) in [6.45, 7) is 1.91. The van der Waals surface area contributed by atoms with Crippen molar-refractivity contribution in [3.8, 4) is 5.69 Å². The van der Waals surface area contributed by atoms with Crippen molar-refractivity contribution in [3.05, 3.63) is 70.3 Å². The van der Waals surface area contributed by atoms with Gasteiger partial charge < -0.3 is 9.64 Å². The molecule has 0 saturated carbocycles. The van der Waals surface area contributed by atoms with Gasteiger partial charge in [0.1, 0.15) is 12.6 Å². The zero-order valence-corrected chi connectivity index (χ0v) is 20.1. The minimum Gasteiger partial charge on any atom is -0.459 e. The molecule has 3 heterocycles. The van der Waals surface area contributed by atoms with E-state index < -0.39 is 21.7 Å². The molecule has 1 amide bonds. The molecule has 3 atom stereocenters. The third-order valence-corrected chi connectivity index (χ3v) is 8.90. The van der Waals surface area contributed by atoms with Gasteiger partial charge in [0.05, 0.1) is 27.2 Å². The third-order valence-electron chi connectivity index (χ3n) is 5.89. The number of nitrogens with zero attached hydrogens (tertiary/aromatic N) is 6. The molecule has 0 radical (unpaired) electrons. The Morgan fingerprint density at radius 3 is 2.69 bits per heavy atom. The maximum absolute atomic E-state index is 13.2. The minimum absolute atomic E-state index is 0.0382. The van der Waals surface area contributed by atoms with Crippen LogP contribution >= 0.6 is 23.5 Å². The second-order valence-corrected chi connectivity index (χ2v) is 11.0. The minimum atomic E-state index is -0.759. The Morgan fingerprint density at radius 2 is 2.00 bits per heavy atom. The zero-order chi connectivity index (χ0) is 24.6. The fourth-order valence-electron chi connectivity index (χ4n) is 4.11. The van der Waals surface area contributed by atoms with Gasteiger partial charge in [0.2, 0.25) is 11.1 Å². The van der Waals surface area contributed by atoms with Crippen molar-refractivity contribution in [1.82, 2.24) is 25.1 Å². The Balaban J connectivity index is 1.30. The van der Waals surface area contributed by atoms with Gasteiger partial charge in [0, 0.05) is 17.9 Å². The average molecular weight is 513 g/mol. The maximum Gasteiger partial charge on any atom is 0.330 e. The summed E-state index contributed by atoms with van der Waals surface area (Å²) in [5, 5.41) is 23.3. The van der Waals surface area contributed by atoms with Crippen LogP contribution in [0.2, 0.25) is 0 Å². The van der Waals surface area contributed by atoms with Crippen molar-refractivity contribution >= 4 is 41.1 Å². The molecule has 0 bridgehead atoms. The predicted octanol–water partition coefficient (Wildman–Crippen LogP) is 2.84. The standard InChI is InChI=1S/C22H20N6O5S2/c1-22(13-34-21-23-24-25-27(21)15-5-3-2-4-6-15)19(26-17(29)11-18(26)35-22)20(30)33-12-14-7-9-16(10-8-14)28(31)32/h2-10,18-19H,11-13H2,1H3. The van der Waals surface area contributed by atoms with Crippen LogP contribution in [0.3, 0.4) is 0 Å². The van der Waals surface area contributed by atoms with Gasteiger partial charge in [-0.05, 0) is 47.2 Å². The first-order valence-electron chi connectivity index (χ1n) is 10.7. The third kappa shape index (κ3) is 4.48. The molecule has 0 N–H and O–H groups in total. The SMILES string of the molecule is CC1(CSc2nnnn2-c2ccccc2)SC2CC(=O)N2C1C(=O)OCc1ccc([N+](=O)[O-])cc1. The van der Waals surface area contributed by atoms with E-state index in [1.54, 1.807) is 33.5 Å². The number of para-hydroxylation sites is 1. The maximum atomic E-state index is 13.2. The predicted molar refractivity (Wildman–Crippen MR) is 128 cm³/mol. The zero-order valence-electron chi connectivity index (χ0n) is 18.5. The number of rotatable bonds is 8. The molecule has 0 spiro atoms. The Labute approximate surface area is 208 Å². The number of aromatic nitrogens is 4. The summed E-state index contributed by atoms with van der Waals surface area (Å²) in [6, 6.07) is 14.6. The largest absolute Gasteiger partial charge is 0.459 e. The van der Waals surface area contributed by atoms with Crippen LogP contribution in [0, 0.1) is 10.1 Å². The van der Waals surface area contributed by atoms with Gasteiger partial charge in [0.15, 0.2) is 0 Å². The number of amides is 1. The highest BCUT2D eigenvalue weighted by Gasteiger charge is 2.61. The number of benzene rings is 2. The van der Waals surface area contributed by atoms with Crippen molar-refractivity contribution in [2.24, 2.45) is 0 Å². The van der Waals surface area contributed by atoms with Crippen LogP contribution < -0.4 is 0 Å². The summed E-state index contributed by atoms with van der Waals surface area (Å²) in [7, 11) is 0. The second kappa shape index (κ2) is 9.30.